The summed E-state index contributed by atoms with van der Waals surface area (Å²) < 4.78 is 0. The van der Waals surface area contributed by atoms with Gasteiger partial charge in [-0.05, 0) is 45.4 Å². The van der Waals surface area contributed by atoms with Crippen LogP contribution in [0.15, 0.2) is 0 Å². The summed E-state index contributed by atoms with van der Waals surface area (Å²) in [5.74, 6) is -0.770. The van der Waals surface area contributed by atoms with E-state index in [9.17, 15) is 14.7 Å². The second kappa shape index (κ2) is 8.25. The van der Waals surface area contributed by atoms with Crippen molar-refractivity contribution >= 4 is 11.8 Å². The molecule has 0 aromatic rings. The molecule has 4 N–H and O–H groups in total. The highest BCUT2D eigenvalue weighted by Crippen LogP contribution is 2.29. The highest BCUT2D eigenvalue weighted by atomic mass is 16.4. The van der Waals surface area contributed by atoms with E-state index in [1.54, 1.807) is 0 Å². The first-order valence-corrected chi connectivity index (χ1v) is 8.49. The Balaban J connectivity index is 4.85. The fraction of sp³-hybridized carbons (Fsp3) is 0.889. The third-order valence-corrected chi connectivity index (χ3v) is 4.34. The Morgan fingerprint density at radius 3 is 1.91 bits per heavy atom. The molecule has 0 amide bonds. The van der Waals surface area contributed by atoms with Crippen molar-refractivity contribution in [2.45, 2.75) is 85.9 Å². The van der Waals surface area contributed by atoms with Gasteiger partial charge in [0.1, 0.15) is 6.04 Å². The quantitative estimate of drug-likeness (QED) is 0.605. The highest BCUT2D eigenvalue weighted by Gasteiger charge is 2.35. The maximum Gasteiger partial charge on any atom is 0.320 e. The lowest BCUT2D eigenvalue weighted by atomic mass is 9.76. The minimum absolute atomic E-state index is 0.0513. The summed E-state index contributed by atoms with van der Waals surface area (Å²) in [5.41, 5.74) is 5.17. The Morgan fingerprint density at radius 2 is 1.57 bits per heavy atom. The van der Waals surface area contributed by atoms with Crippen LogP contribution in [0.25, 0.3) is 0 Å². The molecule has 3 atom stereocenters. The topological polar surface area (TPSA) is 92.4 Å². The van der Waals surface area contributed by atoms with E-state index in [0.717, 1.165) is 0 Å². The molecule has 3 unspecified atom stereocenters. The Bertz CT molecular complexity index is 411. The van der Waals surface area contributed by atoms with E-state index < -0.39 is 23.5 Å². The van der Waals surface area contributed by atoms with Crippen molar-refractivity contribution in [1.29, 1.82) is 0 Å². The Hall–Kier alpha value is -0.940. The number of hydrogen-bond donors (Lipinski definition) is 3. The summed E-state index contributed by atoms with van der Waals surface area (Å²) in [6.07, 6.45) is 1.28. The SMILES string of the molecule is CC(C)C(N)C(=O)C(C)(C)CCC(C)C(NC(C)(C)C)C(=O)O. The molecule has 0 fully saturated rings. The lowest BCUT2D eigenvalue weighted by molar-refractivity contribution is -0.141. The van der Waals surface area contributed by atoms with Crippen molar-refractivity contribution < 1.29 is 14.7 Å². The number of nitrogens with two attached hydrogens (primary N) is 1. The van der Waals surface area contributed by atoms with E-state index in [0.29, 0.717) is 12.8 Å². The van der Waals surface area contributed by atoms with Gasteiger partial charge in [0.25, 0.3) is 0 Å². The number of carbonyl (C=O) groups is 2. The molecule has 0 saturated carbocycles. The van der Waals surface area contributed by atoms with Crippen LogP contribution in [0.5, 0.6) is 0 Å². The van der Waals surface area contributed by atoms with Gasteiger partial charge in [0, 0.05) is 11.0 Å². The molecule has 0 saturated heterocycles. The molecule has 0 aromatic carbocycles. The molecule has 0 heterocycles. The average molecular weight is 328 g/mol. The maximum atomic E-state index is 12.5. The molecule has 0 aromatic heterocycles. The fourth-order valence-corrected chi connectivity index (χ4v) is 2.55. The van der Waals surface area contributed by atoms with E-state index in [1.807, 2.05) is 55.4 Å². The molecular formula is C18H36N2O3. The second-order valence-corrected chi connectivity index (χ2v) is 8.74. The van der Waals surface area contributed by atoms with Gasteiger partial charge in [0.15, 0.2) is 5.78 Å². The van der Waals surface area contributed by atoms with Gasteiger partial charge in [-0.15, -0.1) is 0 Å². The Kier molecular flexibility index (Phi) is 7.91. The van der Waals surface area contributed by atoms with Crippen molar-refractivity contribution in [3.05, 3.63) is 0 Å². The first kappa shape index (κ1) is 22.1. The summed E-state index contributed by atoms with van der Waals surface area (Å²) >= 11 is 0. The van der Waals surface area contributed by atoms with Crippen LogP contribution in [0, 0.1) is 17.3 Å². The van der Waals surface area contributed by atoms with Crippen LogP contribution in [-0.2, 0) is 9.59 Å². The molecule has 0 aliphatic rings. The summed E-state index contributed by atoms with van der Waals surface area (Å²) in [6, 6.07) is -1.09. The van der Waals surface area contributed by atoms with Gasteiger partial charge in [-0.25, -0.2) is 0 Å². The zero-order valence-electron chi connectivity index (χ0n) is 16.1. The summed E-state index contributed by atoms with van der Waals surface area (Å²) in [4.78, 5) is 24.0. The summed E-state index contributed by atoms with van der Waals surface area (Å²) in [7, 11) is 0. The minimum atomic E-state index is -0.851. The van der Waals surface area contributed by atoms with Crippen LogP contribution in [-0.4, -0.2) is 34.5 Å². The molecule has 0 radical (unpaired) electrons. The Morgan fingerprint density at radius 1 is 1.09 bits per heavy atom. The normalized spacial score (nSPS) is 17.0. The van der Waals surface area contributed by atoms with Gasteiger partial charge in [0.2, 0.25) is 0 Å². The van der Waals surface area contributed by atoms with E-state index in [4.69, 9.17) is 5.73 Å². The van der Waals surface area contributed by atoms with Crippen LogP contribution in [0.3, 0.4) is 0 Å². The number of aliphatic carboxylic acids is 1. The van der Waals surface area contributed by atoms with E-state index >= 15 is 0 Å². The molecule has 5 heteroatoms. The summed E-state index contributed by atoms with van der Waals surface area (Å²) in [6.45, 7) is 15.4. The first-order chi connectivity index (χ1) is 10.2. The maximum absolute atomic E-state index is 12.5. The number of hydrogen-bond acceptors (Lipinski definition) is 4. The van der Waals surface area contributed by atoms with Gasteiger partial charge in [-0.2, -0.15) is 0 Å². The van der Waals surface area contributed by atoms with Crippen molar-refractivity contribution in [3.8, 4) is 0 Å². The lowest BCUT2D eigenvalue weighted by Crippen LogP contribution is -2.51. The van der Waals surface area contributed by atoms with Crippen LogP contribution < -0.4 is 11.1 Å². The van der Waals surface area contributed by atoms with E-state index in [2.05, 4.69) is 5.32 Å². The molecule has 0 rings (SSSR count). The molecule has 5 nitrogen and oxygen atoms in total. The predicted octanol–water partition coefficient (Wildman–Crippen LogP) is 2.82. The minimum Gasteiger partial charge on any atom is -0.480 e. The van der Waals surface area contributed by atoms with Crippen molar-refractivity contribution in [2.24, 2.45) is 23.0 Å². The number of carboxylic acid groups (broad SMARTS) is 1. The van der Waals surface area contributed by atoms with E-state index in [-0.39, 0.29) is 23.2 Å². The number of ketones is 1. The smallest absolute Gasteiger partial charge is 0.320 e. The molecule has 0 spiro atoms. The van der Waals surface area contributed by atoms with Crippen molar-refractivity contribution in [1.82, 2.24) is 5.32 Å². The van der Waals surface area contributed by atoms with Crippen LogP contribution in [0.4, 0.5) is 0 Å². The first-order valence-electron chi connectivity index (χ1n) is 8.49. The lowest BCUT2D eigenvalue weighted by Gasteiger charge is -2.33. The van der Waals surface area contributed by atoms with Gasteiger partial charge in [0.05, 0.1) is 6.04 Å². The van der Waals surface area contributed by atoms with Crippen molar-refractivity contribution in [3.63, 3.8) is 0 Å². The number of carboxylic acids is 1. The zero-order valence-corrected chi connectivity index (χ0v) is 16.1. The van der Waals surface area contributed by atoms with Gasteiger partial charge >= 0.3 is 5.97 Å². The largest absolute Gasteiger partial charge is 0.480 e. The predicted molar refractivity (Wildman–Crippen MR) is 94.3 cm³/mol. The standard InChI is InChI=1S/C18H36N2O3/c1-11(2)13(19)15(21)18(7,8)10-9-12(3)14(16(22)23)20-17(4,5)6/h11-14,20H,9-10,19H2,1-8H3,(H,22,23). The number of rotatable bonds is 9. The monoisotopic (exact) mass is 328 g/mol. The van der Waals surface area contributed by atoms with Crippen LogP contribution >= 0.6 is 0 Å². The van der Waals surface area contributed by atoms with E-state index in [1.165, 1.54) is 0 Å². The van der Waals surface area contributed by atoms with Gasteiger partial charge in [-0.1, -0.05) is 34.6 Å². The summed E-state index contributed by atoms with van der Waals surface area (Å²) in [5, 5.41) is 12.6. The third kappa shape index (κ3) is 7.44. The third-order valence-electron chi connectivity index (χ3n) is 4.34. The molecule has 0 bridgehead atoms. The molecule has 0 aliphatic carbocycles. The molecule has 0 aliphatic heterocycles. The van der Waals surface area contributed by atoms with Crippen LogP contribution in [0.2, 0.25) is 0 Å². The average Bonchev–Trinajstić information content (AvgIpc) is 2.39. The molecule has 136 valence electrons. The number of carbonyl (C=O) groups excluding carboxylic acids is 1. The Labute approximate surface area is 141 Å². The number of nitrogens with one attached hydrogen (secondary N) is 1. The second-order valence-electron chi connectivity index (χ2n) is 8.74. The van der Waals surface area contributed by atoms with Gasteiger partial charge in [-0.3, -0.25) is 14.9 Å². The fourth-order valence-electron chi connectivity index (χ4n) is 2.55. The number of Topliss-reactive ketones (excluding diaryl/α,β-unsaturated/α-hetero) is 1. The van der Waals surface area contributed by atoms with Crippen molar-refractivity contribution in [2.75, 3.05) is 0 Å². The molecule has 23 heavy (non-hydrogen) atoms. The highest BCUT2D eigenvalue weighted by molar-refractivity contribution is 5.89. The van der Waals surface area contributed by atoms with Gasteiger partial charge < -0.3 is 10.8 Å². The molecular weight excluding hydrogens is 292 g/mol. The zero-order chi connectivity index (χ0) is 18.6. The van der Waals surface area contributed by atoms with Crippen LogP contribution in [0.1, 0.15) is 68.2 Å².